The van der Waals surface area contributed by atoms with Crippen molar-refractivity contribution < 1.29 is 9.53 Å². The molecule has 0 bridgehead atoms. The van der Waals surface area contributed by atoms with Crippen LogP contribution in [0.4, 0.5) is 5.69 Å². The SMILES string of the molecule is COc1ccc(Cl)cc1NC(C)C(=O)NC1CCCC1. The van der Waals surface area contributed by atoms with Crippen LogP contribution >= 0.6 is 11.6 Å². The van der Waals surface area contributed by atoms with E-state index in [9.17, 15) is 4.79 Å². The number of amides is 1. The minimum atomic E-state index is -0.331. The smallest absolute Gasteiger partial charge is 0.242 e. The van der Waals surface area contributed by atoms with Gasteiger partial charge in [-0.15, -0.1) is 0 Å². The summed E-state index contributed by atoms with van der Waals surface area (Å²) in [6, 6.07) is 5.30. The summed E-state index contributed by atoms with van der Waals surface area (Å²) >= 11 is 5.98. The molecule has 1 amide bonds. The Balaban J connectivity index is 1.97. The molecular weight excluding hydrogens is 276 g/mol. The summed E-state index contributed by atoms with van der Waals surface area (Å²) in [7, 11) is 1.59. The molecule has 0 aliphatic heterocycles. The van der Waals surface area contributed by atoms with Crippen LogP contribution in [0.3, 0.4) is 0 Å². The minimum absolute atomic E-state index is 0.0129. The Morgan fingerprint density at radius 1 is 1.40 bits per heavy atom. The Morgan fingerprint density at radius 3 is 2.75 bits per heavy atom. The highest BCUT2D eigenvalue weighted by atomic mass is 35.5. The Morgan fingerprint density at radius 2 is 2.10 bits per heavy atom. The molecule has 2 rings (SSSR count). The van der Waals surface area contributed by atoms with Crippen molar-refractivity contribution >= 4 is 23.2 Å². The first-order valence-electron chi connectivity index (χ1n) is 7.00. The van der Waals surface area contributed by atoms with Gasteiger partial charge in [0.25, 0.3) is 0 Å². The zero-order valence-electron chi connectivity index (χ0n) is 11.9. The fourth-order valence-electron chi connectivity index (χ4n) is 2.49. The second-order valence-electron chi connectivity index (χ2n) is 5.20. The molecule has 1 aromatic rings. The minimum Gasteiger partial charge on any atom is -0.495 e. The average Bonchev–Trinajstić information content (AvgIpc) is 2.91. The summed E-state index contributed by atoms with van der Waals surface area (Å²) < 4.78 is 5.26. The molecule has 20 heavy (non-hydrogen) atoms. The van der Waals surface area contributed by atoms with Gasteiger partial charge in [-0.3, -0.25) is 4.79 Å². The number of nitrogens with one attached hydrogen (secondary N) is 2. The number of hydrogen-bond acceptors (Lipinski definition) is 3. The van der Waals surface area contributed by atoms with Gasteiger partial charge >= 0.3 is 0 Å². The van der Waals surface area contributed by atoms with E-state index in [2.05, 4.69) is 10.6 Å². The van der Waals surface area contributed by atoms with E-state index in [1.807, 2.05) is 6.92 Å². The zero-order chi connectivity index (χ0) is 14.5. The first kappa shape index (κ1) is 15.0. The molecule has 5 heteroatoms. The maximum Gasteiger partial charge on any atom is 0.242 e. The lowest BCUT2D eigenvalue weighted by molar-refractivity contribution is -0.122. The molecule has 1 atom stereocenters. The van der Waals surface area contributed by atoms with Crippen molar-refractivity contribution in [2.45, 2.75) is 44.7 Å². The van der Waals surface area contributed by atoms with Gasteiger partial charge in [0.1, 0.15) is 11.8 Å². The van der Waals surface area contributed by atoms with Gasteiger partial charge in [-0.25, -0.2) is 0 Å². The second-order valence-corrected chi connectivity index (χ2v) is 5.64. The molecule has 1 fully saturated rings. The lowest BCUT2D eigenvalue weighted by Gasteiger charge is -2.20. The van der Waals surface area contributed by atoms with Crippen molar-refractivity contribution in [3.05, 3.63) is 23.2 Å². The van der Waals surface area contributed by atoms with E-state index in [4.69, 9.17) is 16.3 Å². The Kier molecular flexibility index (Phi) is 5.12. The summed E-state index contributed by atoms with van der Waals surface area (Å²) in [6.45, 7) is 1.84. The van der Waals surface area contributed by atoms with Crippen LogP contribution in [0.25, 0.3) is 0 Å². The predicted molar refractivity (Wildman–Crippen MR) is 81.5 cm³/mol. The van der Waals surface area contributed by atoms with Gasteiger partial charge in [0, 0.05) is 11.1 Å². The highest BCUT2D eigenvalue weighted by molar-refractivity contribution is 6.30. The number of benzene rings is 1. The van der Waals surface area contributed by atoms with Gasteiger partial charge in [0.2, 0.25) is 5.91 Å². The van der Waals surface area contributed by atoms with Gasteiger partial charge in [-0.1, -0.05) is 24.4 Å². The van der Waals surface area contributed by atoms with Crippen molar-refractivity contribution in [3.8, 4) is 5.75 Å². The van der Waals surface area contributed by atoms with E-state index in [-0.39, 0.29) is 11.9 Å². The van der Waals surface area contributed by atoms with Crippen molar-refractivity contribution in [1.82, 2.24) is 5.32 Å². The van der Waals surface area contributed by atoms with Crippen LogP contribution in [0.15, 0.2) is 18.2 Å². The van der Waals surface area contributed by atoms with Crippen LogP contribution in [-0.4, -0.2) is 25.1 Å². The molecule has 1 aliphatic carbocycles. The first-order chi connectivity index (χ1) is 9.60. The predicted octanol–water partition coefficient (Wildman–Crippen LogP) is 3.21. The number of ether oxygens (including phenoxy) is 1. The van der Waals surface area contributed by atoms with E-state index in [0.29, 0.717) is 16.8 Å². The van der Waals surface area contributed by atoms with Crippen molar-refractivity contribution in [3.63, 3.8) is 0 Å². The largest absolute Gasteiger partial charge is 0.495 e. The maximum absolute atomic E-state index is 12.1. The van der Waals surface area contributed by atoms with E-state index >= 15 is 0 Å². The molecule has 1 aromatic carbocycles. The van der Waals surface area contributed by atoms with Gasteiger partial charge in [-0.2, -0.15) is 0 Å². The van der Waals surface area contributed by atoms with Crippen molar-refractivity contribution in [2.24, 2.45) is 0 Å². The van der Waals surface area contributed by atoms with Crippen LogP contribution in [0.5, 0.6) is 5.75 Å². The molecule has 2 N–H and O–H groups in total. The Bertz CT molecular complexity index is 473. The number of carbonyl (C=O) groups excluding carboxylic acids is 1. The fourth-order valence-corrected chi connectivity index (χ4v) is 2.66. The molecule has 0 heterocycles. The normalized spacial score (nSPS) is 16.8. The Hall–Kier alpha value is -1.42. The second kappa shape index (κ2) is 6.84. The number of rotatable bonds is 5. The molecule has 1 saturated carbocycles. The third-order valence-electron chi connectivity index (χ3n) is 3.63. The van der Waals surface area contributed by atoms with Crippen molar-refractivity contribution in [2.75, 3.05) is 12.4 Å². The van der Waals surface area contributed by atoms with Crippen molar-refractivity contribution in [1.29, 1.82) is 0 Å². The third-order valence-corrected chi connectivity index (χ3v) is 3.86. The van der Waals surface area contributed by atoms with Crippen LogP contribution < -0.4 is 15.4 Å². The third kappa shape index (κ3) is 3.79. The van der Waals surface area contributed by atoms with Gasteiger partial charge in [0.15, 0.2) is 0 Å². The number of halogens is 1. The lowest BCUT2D eigenvalue weighted by Crippen LogP contribution is -2.42. The molecule has 1 unspecified atom stereocenters. The zero-order valence-corrected chi connectivity index (χ0v) is 12.7. The summed E-state index contributed by atoms with van der Waals surface area (Å²) in [4.78, 5) is 12.1. The standard InChI is InChI=1S/C15H21ClN2O2/c1-10(15(19)18-12-5-3-4-6-12)17-13-9-11(16)7-8-14(13)20-2/h7-10,12,17H,3-6H2,1-2H3,(H,18,19). The summed E-state index contributed by atoms with van der Waals surface area (Å²) in [5, 5.41) is 6.84. The average molecular weight is 297 g/mol. The van der Waals surface area contributed by atoms with E-state index < -0.39 is 0 Å². The van der Waals surface area contributed by atoms with Gasteiger partial charge < -0.3 is 15.4 Å². The highest BCUT2D eigenvalue weighted by Gasteiger charge is 2.21. The van der Waals surface area contributed by atoms with Crippen LogP contribution in [0.1, 0.15) is 32.6 Å². The summed E-state index contributed by atoms with van der Waals surface area (Å²) in [5.41, 5.74) is 0.731. The molecule has 1 aliphatic rings. The van der Waals surface area contributed by atoms with E-state index in [1.54, 1.807) is 25.3 Å². The number of hydrogen-bond donors (Lipinski definition) is 2. The number of methoxy groups -OCH3 is 1. The monoisotopic (exact) mass is 296 g/mol. The first-order valence-corrected chi connectivity index (χ1v) is 7.38. The lowest BCUT2D eigenvalue weighted by atomic mass is 10.2. The quantitative estimate of drug-likeness (QED) is 0.877. The van der Waals surface area contributed by atoms with E-state index in [0.717, 1.165) is 18.5 Å². The van der Waals surface area contributed by atoms with Crippen LogP contribution in [-0.2, 0) is 4.79 Å². The van der Waals surface area contributed by atoms with Crippen LogP contribution in [0, 0.1) is 0 Å². The Labute approximate surface area is 124 Å². The molecule has 110 valence electrons. The summed E-state index contributed by atoms with van der Waals surface area (Å²) in [5.74, 6) is 0.689. The fraction of sp³-hybridized carbons (Fsp3) is 0.533. The molecule has 0 saturated heterocycles. The molecule has 0 radical (unpaired) electrons. The van der Waals surface area contributed by atoms with E-state index in [1.165, 1.54) is 12.8 Å². The maximum atomic E-state index is 12.1. The van der Waals surface area contributed by atoms with Gasteiger partial charge in [-0.05, 0) is 38.0 Å². The summed E-state index contributed by atoms with van der Waals surface area (Å²) in [6.07, 6.45) is 4.57. The molecule has 0 aromatic heterocycles. The molecular formula is C15H21ClN2O2. The van der Waals surface area contributed by atoms with Crippen LogP contribution in [0.2, 0.25) is 5.02 Å². The van der Waals surface area contributed by atoms with Gasteiger partial charge in [0.05, 0.1) is 12.8 Å². The molecule has 4 nitrogen and oxygen atoms in total. The topological polar surface area (TPSA) is 50.4 Å². The number of anilines is 1. The number of carbonyl (C=O) groups is 1. The highest BCUT2D eigenvalue weighted by Crippen LogP contribution is 2.28. The molecule has 0 spiro atoms.